The molecule has 7 heteroatoms. The molecule has 1 aliphatic heterocycles. The third-order valence-electron chi connectivity index (χ3n) is 6.36. The van der Waals surface area contributed by atoms with Crippen LogP contribution in [0.25, 0.3) is 16.6 Å². The van der Waals surface area contributed by atoms with E-state index in [-0.39, 0.29) is 23.8 Å². The van der Waals surface area contributed by atoms with Gasteiger partial charge in [0.05, 0.1) is 29.5 Å². The lowest BCUT2D eigenvalue weighted by Crippen LogP contribution is -2.32. The Kier molecular flexibility index (Phi) is 5.22. The van der Waals surface area contributed by atoms with E-state index in [1.165, 1.54) is 12.1 Å². The number of anilines is 2. The minimum Gasteiger partial charge on any atom is -0.364 e. The summed E-state index contributed by atoms with van der Waals surface area (Å²) in [6, 6.07) is 27.5. The summed E-state index contributed by atoms with van der Waals surface area (Å²) in [6.07, 6.45) is 3.86. The fourth-order valence-electron chi connectivity index (χ4n) is 4.80. The number of pyridine rings is 1. The van der Waals surface area contributed by atoms with Gasteiger partial charge in [0.2, 0.25) is 5.91 Å². The molecule has 1 saturated heterocycles. The topological polar surface area (TPSA) is 63.1 Å². The Hall–Kier alpha value is -4.52. The van der Waals surface area contributed by atoms with Gasteiger partial charge in [0, 0.05) is 23.7 Å². The van der Waals surface area contributed by atoms with E-state index >= 15 is 0 Å². The molecule has 1 fully saturated rings. The highest BCUT2D eigenvalue weighted by molar-refractivity contribution is 5.99. The molecule has 0 bridgehead atoms. The van der Waals surface area contributed by atoms with Crippen LogP contribution >= 0.6 is 0 Å². The third kappa shape index (κ3) is 3.91. The Bertz CT molecular complexity index is 1480. The molecule has 2 atom stereocenters. The van der Waals surface area contributed by atoms with Crippen molar-refractivity contribution in [1.29, 1.82) is 0 Å². The second-order valence-corrected chi connectivity index (χ2v) is 8.57. The largest absolute Gasteiger partial charge is 0.364 e. The van der Waals surface area contributed by atoms with Crippen molar-refractivity contribution in [1.82, 2.24) is 14.8 Å². The van der Waals surface area contributed by atoms with Crippen molar-refractivity contribution in [2.75, 3.05) is 10.2 Å². The second-order valence-electron chi connectivity index (χ2n) is 8.57. The number of nitrogens with zero attached hydrogens (tertiary/aromatic N) is 4. The van der Waals surface area contributed by atoms with Crippen LogP contribution in [0.2, 0.25) is 0 Å². The summed E-state index contributed by atoms with van der Waals surface area (Å²) < 4.78 is 15.1. The number of hydrogen-bond donors (Lipinski definition) is 1. The number of nitrogens with one attached hydrogen (secondary N) is 1. The number of carbonyl (C=O) groups excluding carboxylic acids is 1. The third-order valence-corrected chi connectivity index (χ3v) is 6.36. The van der Waals surface area contributed by atoms with Crippen LogP contribution in [0.1, 0.15) is 18.0 Å². The molecule has 1 N–H and O–H groups in total. The molecular formula is C28H22FN5O. The minimum absolute atomic E-state index is 0.0394. The first-order valence-electron chi connectivity index (χ1n) is 11.5. The summed E-state index contributed by atoms with van der Waals surface area (Å²) in [7, 11) is 0. The van der Waals surface area contributed by atoms with Crippen LogP contribution in [0.4, 0.5) is 15.9 Å². The first-order chi connectivity index (χ1) is 17.2. The molecular weight excluding hydrogens is 441 g/mol. The highest BCUT2D eigenvalue weighted by Gasteiger charge is 2.41. The van der Waals surface area contributed by atoms with E-state index in [4.69, 9.17) is 0 Å². The van der Waals surface area contributed by atoms with E-state index in [2.05, 4.69) is 27.5 Å². The predicted octanol–water partition coefficient (Wildman–Crippen LogP) is 5.52. The normalized spacial score (nSPS) is 17.7. The average Bonchev–Trinajstić information content (AvgIpc) is 3.46. The van der Waals surface area contributed by atoms with Crippen LogP contribution in [0.5, 0.6) is 0 Å². The quantitative estimate of drug-likeness (QED) is 0.373. The summed E-state index contributed by atoms with van der Waals surface area (Å²) >= 11 is 0. The summed E-state index contributed by atoms with van der Waals surface area (Å²) in [5.41, 5.74) is 3.51. The van der Waals surface area contributed by atoms with Crippen molar-refractivity contribution in [3.63, 3.8) is 0 Å². The number of aromatic nitrogens is 3. The fourth-order valence-corrected chi connectivity index (χ4v) is 4.80. The average molecular weight is 464 g/mol. The molecule has 3 heterocycles. The van der Waals surface area contributed by atoms with Crippen molar-refractivity contribution < 1.29 is 9.18 Å². The molecule has 6 nitrogen and oxygen atoms in total. The molecule has 0 radical (unpaired) electrons. The van der Waals surface area contributed by atoms with Crippen molar-refractivity contribution in [3.05, 3.63) is 115 Å². The Balaban J connectivity index is 1.39. The molecule has 0 aliphatic carbocycles. The molecule has 35 heavy (non-hydrogen) atoms. The number of hydrogen-bond acceptors (Lipinski definition) is 4. The van der Waals surface area contributed by atoms with Gasteiger partial charge in [0.1, 0.15) is 11.6 Å². The minimum atomic E-state index is -0.291. The van der Waals surface area contributed by atoms with Crippen molar-refractivity contribution in [2.45, 2.75) is 18.5 Å². The van der Waals surface area contributed by atoms with Gasteiger partial charge in [-0.1, -0.05) is 36.4 Å². The van der Waals surface area contributed by atoms with Crippen molar-refractivity contribution >= 4 is 28.3 Å². The van der Waals surface area contributed by atoms with Crippen LogP contribution in [0, 0.1) is 5.82 Å². The molecule has 1 unspecified atom stereocenters. The molecule has 1 aliphatic rings. The number of rotatable bonds is 5. The van der Waals surface area contributed by atoms with E-state index in [0.717, 1.165) is 33.7 Å². The maximum absolute atomic E-state index is 13.4. The van der Waals surface area contributed by atoms with Crippen molar-refractivity contribution in [2.24, 2.45) is 0 Å². The van der Waals surface area contributed by atoms with Gasteiger partial charge in [-0.25, -0.2) is 14.1 Å². The van der Waals surface area contributed by atoms with Gasteiger partial charge in [0.15, 0.2) is 0 Å². The van der Waals surface area contributed by atoms with Crippen molar-refractivity contribution in [3.8, 4) is 5.69 Å². The zero-order valence-corrected chi connectivity index (χ0v) is 18.8. The van der Waals surface area contributed by atoms with Gasteiger partial charge in [-0.15, -0.1) is 0 Å². The Labute approximate surface area is 201 Å². The lowest BCUT2D eigenvalue weighted by Gasteiger charge is -2.29. The van der Waals surface area contributed by atoms with Gasteiger partial charge >= 0.3 is 0 Å². The van der Waals surface area contributed by atoms with Gasteiger partial charge in [0.25, 0.3) is 0 Å². The number of benzene rings is 3. The van der Waals surface area contributed by atoms with E-state index in [9.17, 15) is 9.18 Å². The van der Waals surface area contributed by atoms with Crippen LogP contribution < -0.4 is 10.2 Å². The van der Waals surface area contributed by atoms with Gasteiger partial charge in [-0.2, -0.15) is 5.10 Å². The number of halogens is 1. The summed E-state index contributed by atoms with van der Waals surface area (Å²) in [6.45, 7) is 0. The van der Waals surface area contributed by atoms with E-state index in [0.29, 0.717) is 6.42 Å². The zero-order valence-electron chi connectivity index (χ0n) is 18.8. The van der Waals surface area contributed by atoms with E-state index in [1.807, 2.05) is 59.5 Å². The molecule has 6 rings (SSSR count). The molecule has 0 saturated carbocycles. The molecule has 1 amide bonds. The second kappa shape index (κ2) is 8.68. The van der Waals surface area contributed by atoms with Gasteiger partial charge < -0.3 is 10.2 Å². The summed E-state index contributed by atoms with van der Waals surface area (Å²) in [5, 5.41) is 8.86. The lowest BCUT2D eigenvalue weighted by molar-refractivity contribution is -0.117. The number of carbonyl (C=O) groups is 1. The van der Waals surface area contributed by atoms with Crippen LogP contribution in [0.3, 0.4) is 0 Å². The molecule has 2 aromatic heterocycles. The Morgan fingerprint density at radius 1 is 0.886 bits per heavy atom. The van der Waals surface area contributed by atoms with E-state index in [1.54, 1.807) is 29.2 Å². The van der Waals surface area contributed by atoms with Crippen LogP contribution in [0.15, 0.2) is 103 Å². The lowest BCUT2D eigenvalue weighted by atomic mass is 9.99. The van der Waals surface area contributed by atoms with Crippen LogP contribution in [-0.4, -0.2) is 26.7 Å². The monoisotopic (exact) mass is 463 g/mol. The standard InChI is InChI=1S/C28H22FN5O/c29-21-9-11-22(12-10-21)34-25-14-13-23(16-20(25)18-31-34)33-27(35)17-24(32-26-8-4-5-15-30-26)28(33)19-6-2-1-3-7-19/h1-16,18,24,28H,17H2,(H,30,32)/t24?,28-/m1/s1. The smallest absolute Gasteiger partial charge is 0.229 e. The first-order valence-corrected chi connectivity index (χ1v) is 11.5. The summed E-state index contributed by atoms with van der Waals surface area (Å²) in [5.74, 6) is 0.488. The van der Waals surface area contributed by atoms with Crippen LogP contribution in [-0.2, 0) is 4.79 Å². The Morgan fingerprint density at radius 2 is 1.66 bits per heavy atom. The Morgan fingerprint density at radius 3 is 2.43 bits per heavy atom. The number of amides is 1. The van der Waals surface area contributed by atoms with Gasteiger partial charge in [-0.05, 0) is 60.2 Å². The zero-order chi connectivity index (χ0) is 23.8. The number of fused-ring (bicyclic) bond motifs is 1. The molecule has 3 aromatic carbocycles. The fraction of sp³-hybridized carbons (Fsp3) is 0.107. The molecule has 0 spiro atoms. The maximum atomic E-state index is 13.4. The maximum Gasteiger partial charge on any atom is 0.229 e. The van der Waals surface area contributed by atoms with Gasteiger partial charge in [-0.3, -0.25) is 4.79 Å². The van der Waals surface area contributed by atoms with E-state index < -0.39 is 0 Å². The predicted molar refractivity (Wildman–Crippen MR) is 134 cm³/mol. The molecule has 5 aromatic rings. The first kappa shape index (κ1) is 21.0. The highest BCUT2D eigenvalue weighted by atomic mass is 19.1. The highest BCUT2D eigenvalue weighted by Crippen LogP contribution is 2.39. The SMILES string of the molecule is O=C1CC(Nc2ccccn2)[C@@H](c2ccccc2)N1c1ccc2c(cnn2-c2ccc(F)cc2)c1. The summed E-state index contributed by atoms with van der Waals surface area (Å²) in [4.78, 5) is 19.6. The molecule has 172 valence electrons.